The molecule has 2 aromatic heterocycles. The van der Waals surface area contributed by atoms with E-state index in [1.807, 2.05) is 19.1 Å². The van der Waals surface area contributed by atoms with Gasteiger partial charge >= 0.3 is 0 Å². The minimum absolute atomic E-state index is 0.343. The molecule has 96 valence electrons. The van der Waals surface area contributed by atoms with E-state index in [0.29, 0.717) is 18.3 Å². The molecule has 0 saturated carbocycles. The molecule has 18 heavy (non-hydrogen) atoms. The first-order chi connectivity index (χ1) is 8.70. The van der Waals surface area contributed by atoms with Crippen molar-refractivity contribution >= 4 is 5.82 Å². The van der Waals surface area contributed by atoms with E-state index >= 15 is 0 Å². The first-order valence-corrected chi connectivity index (χ1v) is 5.99. The van der Waals surface area contributed by atoms with Crippen molar-refractivity contribution in [2.45, 2.75) is 33.3 Å². The van der Waals surface area contributed by atoms with Gasteiger partial charge in [-0.15, -0.1) is 0 Å². The molecule has 2 rings (SSSR count). The molecule has 2 heterocycles. The number of rotatable bonds is 5. The maximum atomic E-state index is 5.85. The zero-order valence-corrected chi connectivity index (χ0v) is 10.6. The van der Waals surface area contributed by atoms with Crippen molar-refractivity contribution in [3.63, 3.8) is 0 Å². The third-order valence-corrected chi connectivity index (χ3v) is 2.59. The SMILES string of the molecule is CCCc1nc(N)c(C)c(OCc2ccco2)n1. The minimum atomic E-state index is 0.343. The minimum Gasteiger partial charge on any atom is -0.469 e. The van der Waals surface area contributed by atoms with Gasteiger partial charge in [-0.2, -0.15) is 4.98 Å². The molecule has 0 bridgehead atoms. The Bertz CT molecular complexity index is 509. The summed E-state index contributed by atoms with van der Waals surface area (Å²) in [5.74, 6) is 2.48. The van der Waals surface area contributed by atoms with Crippen molar-refractivity contribution in [3.8, 4) is 5.88 Å². The van der Waals surface area contributed by atoms with E-state index in [-0.39, 0.29) is 0 Å². The number of furan rings is 1. The highest BCUT2D eigenvalue weighted by molar-refractivity contribution is 5.44. The summed E-state index contributed by atoms with van der Waals surface area (Å²) in [5, 5.41) is 0. The van der Waals surface area contributed by atoms with Gasteiger partial charge in [-0.05, 0) is 25.5 Å². The highest BCUT2D eigenvalue weighted by Crippen LogP contribution is 2.21. The van der Waals surface area contributed by atoms with Crippen LogP contribution in [0.1, 0.15) is 30.5 Å². The van der Waals surface area contributed by atoms with Gasteiger partial charge in [-0.3, -0.25) is 0 Å². The second-order valence-corrected chi connectivity index (χ2v) is 4.07. The lowest BCUT2D eigenvalue weighted by Gasteiger charge is -2.10. The van der Waals surface area contributed by atoms with Crippen LogP contribution < -0.4 is 10.5 Å². The van der Waals surface area contributed by atoms with E-state index < -0.39 is 0 Å². The average molecular weight is 247 g/mol. The molecule has 0 spiro atoms. The summed E-state index contributed by atoms with van der Waals surface area (Å²) in [6.07, 6.45) is 3.38. The lowest BCUT2D eigenvalue weighted by Crippen LogP contribution is -2.07. The van der Waals surface area contributed by atoms with Crippen LogP contribution in [-0.4, -0.2) is 9.97 Å². The largest absolute Gasteiger partial charge is 0.469 e. The molecular weight excluding hydrogens is 230 g/mol. The molecule has 5 heteroatoms. The van der Waals surface area contributed by atoms with Crippen molar-refractivity contribution in [3.05, 3.63) is 35.5 Å². The highest BCUT2D eigenvalue weighted by atomic mass is 16.5. The van der Waals surface area contributed by atoms with Gasteiger partial charge in [-0.1, -0.05) is 6.92 Å². The Balaban J connectivity index is 2.15. The molecule has 0 aliphatic carbocycles. The van der Waals surface area contributed by atoms with E-state index in [2.05, 4.69) is 16.9 Å². The predicted octanol–water partition coefficient (Wildman–Crippen LogP) is 2.49. The van der Waals surface area contributed by atoms with Crippen molar-refractivity contribution < 1.29 is 9.15 Å². The number of nitrogens with two attached hydrogens (primary N) is 1. The van der Waals surface area contributed by atoms with Gasteiger partial charge in [0.05, 0.1) is 11.8 Å². The summed E-state index contributed by atoms with van der Waals surface area (Å²) in [5.41, 5.74) is 6.61. The number of anilines is 1. The van der Waals surface area contributed by atoms with Gasteiger partial charge in [-0.25, -0.2) is 4.98 Å². The van der Waals surface area contributed by atoms with Gasteiger partial charge in [0.25, 0.3) is 0 Å². The van der Waals surface area contributed by atoms with Gasteiger partial charge in [0.2, 0.25) is 5.88 Å². The second kappa shape index (κ2) is 5.53. The topological polar surface area (TPSA) is 74.2 Å². The predicted molar refractivity (Wildman–Crippen MR) is 68.2 cm³/mol. The van der Waals surface area contributed by atoms with Crippen LogP contribution in [0.25, 0.3) is 0 Å². The van der Waals surface area contributed by atoms with Gasteiger partial charge in [0.15, 0.2) is 0 Å². The normalized spacial score (nSPS) is 10.6. The number of aryl methyl sites for hydroxylation is 1. The summed E-state index contributed by atoms with van der Waals surface area (Å²) in [4.78, 5) is 8.60. The standard InChI is InChI=1S/C13H17N3O2/c1-3-5-11-15-12(14)9(2)13(16-11)18-8-10-6-4-7-17-10/h4,6-7H,3,5,8H2,1-2H3,(H2,14,15,16). The van der Waals surface area contributed by atoms with Crippen LogP contribution in [-0.2, 0) is 13.0 Å². The third kappa shape index (κ3) is 2.80. The van der Waals surface area contributed by atoms with Crippen LogP contribution in [0.15, 0.2) is 22.8 Å². The van der Waals surface area contributed by atoms with Crippen molar-refractivity contribution in [2.24, 2.45) is 0 Å². The average Bonchev–Trinajstić information content (AvgIpc) is 2.85. The lowest BCUT2D eigenvalue weighted by molar-refractivity contribution is 0.257. The van der Waals surface area contributed by atoms with Crippen LogP contribution in [0.3, 0.4) is 0 Å². The fourth-order valence-electron chi connectivity index (χ4n) is 1.57. The fourth-order valence-corrected chi connectivity index (χ4v) is 1.57. The fraction of sp³-hybridized carbons (Fsp3) is 0.385. The monoisotopic (exact) mass is 247 g/mol. The number of hydrogen-bond acceptors (Lipinski definition) is 5. The Morgan fingerprint density at radius 3 is 2.89 bits per heavy atom. The Kier molecular flexibility index (Phi) is 3.82. The molecule has 2 aromatic rings. The zero-order valence-electron chi connectivity index (χ0n) is 10.6. The number of ether oxygens (including phenoxy) is 1. The Labute approximate surface area is 106 Å². The zero-order chi connectivity index (χ0) is 13.0. The van der Waals surface area contributed by atoms with E-state index in [9.17, 15) is 0 Å². The van der Waals surface area contributed by atoms with E-state index in [1.54, 1.807) is 6.26 Å². The summed E-state index contributed by atoms with van der Waals surface area (Å²) in [6.45, 7) is 4.27. The molecule has 0 fully saturated rings. The maximum Gasteiger partial charge on any atom is 0.222 e. The molecule has 0 aliphatic heterocycles. The van der Waals surface area contributed by atoms with Crippen LogP contribution in [0.5, 0.6) is 5.88 Å². The molecule has 5 nitrogen and oxygen atoms in total. The van der Waals surface area contributed by atoms with Crippen molar-refractivity contribution in [1.29, 1.82) is 0 Å². The van der Waals surface area contributed by atoms with E-state index in [1.165, 1.54) is 0 Å². The second-order valence-electron chi connectivity index (χ2n) is 4.07. The number of hydrogen-bond donors (Lipinski definition) is 1. The van der Waals surface area contributed by atoms with Crippen molar-refractivity contribution in [1.82, 2.24) is 9.97 Å². The number of aromatic nitrogens is 2. The third-order valence-electron chi connectivity index (χ3n) is 2.59. The van der Waals surface area contributed by atoms with Gasteiger partial charge in [0.1, 0.15) is 24.0 Å². The van der Waals surface area contributed by atoms with Crippen molar-refractivity contribution in [2.75, 3.05) is 5.73 Å². The summed E-state index contributed by atoms with van der Waals surface area (Å²) in [7, 11) is 0. The summed E-state index contributed by atoms with van der Waals surface area (Å²) >= 11 is 0. The van der Waals surface area contributed by atoms with Gasteiger partial charge in [0, 0.05) is 6.42 Å². The molecule has 0 amide bonds. The summed E-state index contributed by atoms with van der Waals surface area (Å²) < 4.78 is 10.8. The number of nitrogens with zero attached hydrogens (tertiary/aromatic N) is 2. The first-order valence-electron chi connectivity index (χ1n) is 5.99. The maximum absolute atomic E-state index is 5.85. The first kappa shape index (κ1) is 12.4. The Morgan fingerprint density at radius 2 is 2.22 bits per heavy atom. The Hall–Kier alpha value is -2.04. The smallest absolute Gasteiger partial charge is 0.222 e. The van der Waals surface area contributed by atoms with E-state index in [0.717, 1.165) is 30.0 Å². The molecule has 0 radical (unpaired) electrons. The van der Waals surface area contributed by atoms with E-state index in [4.69, 9.17) is 14.9 Å². The molecule has 0 atom stereocenters. The molecule has 0 aromatic carbocycles. The molecule has 0 aliphatic rings. The van der Waals surface area contributed by atoms with Crippen LogP contribution in [0, 0.1) is 6.92 Å². The number of nitrogen functional groups attached to an aromatic ring is 1. The van der Waals surface area contributed by atoms with Crippen LogP contribution >= 0.6 is 0 Å². The molecule has 0 saturated heterocycles. The highest BCUT2D eigenvalue weighted by Gasteiger charge is 2.10. The van der Waals surface area contributed by atoms with Gasteiger partial charge < -0.3 is 14.9 Å². The van der Waals surface area contributed by atoms with Crippen LogP contribution in [0.4, 0.5) is 5.82 Å². The Morgan fingerprint density at radius 1 is 1.39 bits per heavy atom. The lowest BCUT2D eigenvalue weighted by atomic mass is 10.3. The molecule has 2 N–H and O–H groups in total. The summed E-state index contributed by atoms with van der Waals surface area (Å²) in [6, 6.07) is 3.68. The van der Waals surface area contributed by atoms with Crippen LogP contribution in [0.2, 0.25) is 0 Å². The molecule has 0 unspecified atom stereocenters. The quantitative estimate of drug-likeness (QED) is 0.878. The molecular formula is C13H17N3O2.